The second-order valence-electron chi connectivity index (χ2n) is 9.09. The molecule has 0 spiro atoms. The Balaban J connectivity index is 0.000000505. The van der Waals surface area contributed by atoms with Crippen molar-refractivity contribution >= 4 is 58.8 Å². The number of aryl methyl sites for hydroxylation is 1. The third kappa shape index (κ3) is 6.41. The van der Waals surface area contributed by atoms with Crippen LogP contribution in [0.5, 0.6) is 0 Å². The maximum Gasteiger partial charge on any atom is 0.318 e. The van der Waals surface area contributed by atoms with E-state index in [-0.39, 0.29) is 18.4 Å². The maximum absolute atomic E-state index is 13.6. The highest BCUT2D eigenvalue weighted by atomic mass is 35.5. The summed E-state index contributed by atoms with van der Waals surface area (Å²) in [5.41, 5.74) is 8.84. The molecule has 3 N–H and O–H groups in total. The van der Waals surface area contributed by atoms with E-state index >= 15 is 0 Å². The normalized spacial score (nSPS) is 18.2. The second-order valence-corrected chi connectivity index (χ2v) is 10.3. The highest BCUT2D eigenvalue weighted by molar-refractivity contribution is 6.42. The molecule has 10 heteroatoms. The number of halogens is 3. The lowest BCUT2D eigenvalue weighted by Gasteiger charge is -2.45. The largest absolute Gasteiger partial charge is 0.368 e. The number of primary amides is 1. The molecule has 0 saturated carbocycles. The number of carbonyl (C=O) groups is 3. The molecule has 0 bridgehead atoms. The number of urea groups is 1. The van der Waals surface area contributed by atoms with Gasteiger partial charge in [-0.25, -0.2) is 4.79 Å². The Labute approximate surface area is 236 Å². The first kappa shape index (κ1) is 27.8. The van der Waals surface area contributed by atoms with Crippen LogP contribution in [-0.2, 0) is 11.2 Å². The summed E-state index contributed by atoms with van der Waals surface area (Å²) in [6.07, 6.45) is 2.31. The number of amides is 4. The molecule has 0 aromatic heterocycles. The van der Waals surface area contributed by atoms with E-state index in [0.29, 0.717) is 33.1 Å². The van der Waals surface area contributed by atoms with Crippen molar-refractivity contribution in [3.05, 3.63) is 98.5 Å². The lowest BCUT2D eigenvalue weighted by Crippen LogP contribution is -2.57. The van der Waals surface area contributed by atoms with Crippen molar-refractivity contribution in [3.63, 3.8) is 0 Å². The number of rotatable bonds is 4. The standard InChI is InChI=1S/C26H23Cl3N2O.C2H4N2O2/c27-19-6-3-5-18(14-19)26(32)31-13-12-30(20-9-11-23(28)24(29)15-20)16-25(31)22-10-8-17-4-1-2-7-21(17)22;3-2(6)4-1-5/h1-7,9,11,14-15,22,25H,8,10,12-13,16H2;1H,(H3,3,4,5,6)/t22-,25+;/m0./s1. The monoisotopic (exact) mass is 572 g/mol. The fourth-order valence-electron chi connectivity index (χ4n) is 5.16. The molecule has 4 amide bonds. The zero-order chi connectivity index (χ0) is 27.2. The van der Waals surface area contributed by atoms with Crippen LogP contribution < -0.4 is 16.0 Å². The van der Waals surface area contributed by atoms with Crippen molar-refractivity contribution in [2.45, 2.75) is 24.8 Å². The van der Waals surface area contributed by atoms with E-state index in [9.17, 15) is 14.4 Å². The molecule has 0 radical (unpaired) electrons. The molecule has 7 nitrogen and oxygen atoms in total. The Morgan fingerprint density at radius 1 is 0.947 bits per heavy atom. The molecule has 2 aliphatic rings. The summed E-state index contributed by atoms with van der Waals surface area (Å²) in [6, 6.07) is 20.8. The molecule has 3 aromatic rings. The average Bonchev–Trinajstić information content (AvgIpc) is 3.34. The van der Waals surface area contributed by atoms with E-state index < -0.39 is 6.03 Å². The van der Waals surface area contributed by atoms with Crippen LogP contribution in [0.2, 0.25) is 15.1 Å². The minimum atomic E-state index is -0.829. The molecule has 38 heavy (non-hydrogen) atoms. The van der Waals surface area contributed by atoms with Gasteiger partial charge in [0.1, 0.15) is 0 Å². The van der Waals surface area contributed by atoms with E-state index in [4.69, 9.17) is 34.8 Å². The smallest absolute Gasteiger partial charge is 0.318 e. The van der Waals surface area contributed by atoms with Gasteiger partial charge in [-0.2, -0.15) is 0 Å². The number of carbonyl (C=O) groups excluding carboxylic acids is 3. The van der Waals surface area contributed by atoms with E-state index in [2.05, 4.69) is 34.9 Å². The fraction of sp³-hybridized carbons (Fsp3) is 0.250. The molecular formula is C28H27Cl3N4O3. The Morgan fingerprint density at radius 2 is 1.74 bits per heavy atom. The number of fused-ring (bicyclic) bond motifs is 1. The average molecular weight is 574 g/mol. The highest BCUT2D eigenvalue weighted by Gasteiger charge is 2.39. The predicted octanol–water partition coefficient (Wildman–Crippen LogP) is 5.52. The van der Waals surface area contributed by atoms with Crippen molar-refractivity contribution < 1.29 is 14.4 Å². The topological polar surface area (TPSA) is 95.7 Å². The first-order valence-electron chi connectivity index (χ1n) is 12.1. The van der Waals surface area contributed by atoms with E-state index in [0.717, 1.165) is 31.6 Å². The molecule has 5 rings (SSSR count). The molecule has 198 valence electrons. The van der Waals surface area contributed by atoms with Gasteiger partial charge < -0.3 is 15.5 Å². The van der Waals surface area contributed by atoms with Crippen molar-refractivity contribution in [2.24, 2.45) is 5.73 Å². The molecule has 1 aliphatic heterocycles. The molecule has 2 atom stereocenters. The van der Waals surface area contributed by atoms with Crippen molar-refractivity contribution in [1.29, 1.82) is 0 Å². The van der Waals surface area contributed by atoms with Crippen LogP contribution in [0, 0.1) is 0 Å². The number of benzene rings is 3. The number of hydrogen-bond donors (Lipinski definition) is 2. The SMILES string of the molecule is NC(=O)NC=O.O=C(c1cccc(Cl)c1)N1CCN(c2ccc(Cl)c(Cl)c2)C[C@@H]1[C@H]1CCc2ccccc21. The van der Waals surface area contributed by atoms with Gasteiger partial charge in [-0.05, 0) is 60.4 Å². The van der Waals surface area contributed by atoms with Crippen molar-refractivity contribution in [3.8, 4) is 0 Å². The molecule has 1 heterocycles. The van der Waals surface area contributed by atoms with Crippen LogP contribution in [-0.4, -0.2) is 48.9 Å². The Kier molecular flexibility index (Phi) is 9.15. The number of nitrogens with two attached hydrogens (primary N) is 1. The van der Waals surface area contributed by atoms with Crippen LogP contribution >= 0.6 is 34.8 Å². The minimum Gasteiger partial charge on any atom is -0.368 e. The number of nitrogens with zero attached hydrogens (tertiary/aromatic N) is 2. The van der Waals surface area contributed by atoms with Gasteiger partial charge in [-0.15, -0.1) is 0 Å². The van der Waals surface area contributed by atoms with Gasteiger partial charge in [0.25, 0.3) is 5.91 Å². The van der Waals surface area contributed by atoms with Gasteiger partial charge in [0.05, 0.1) is 16.1 Å². The summed E-state index contributed by atoms with van der Waals surface area (Å²) in [5, 5.41) is 3.34. The summed E-state index contributed by atoms with van der Waals surface area (Å²) in [7, 11) is 0. The number of anilines is 1. The van der Waals surface area contributed by atoms with E-state index in [1.807, 2.05) is 35.2 Å². The zero-order valence-electron chi connectivity index (χ0n) is 20.4. The van der Waals surface area contributed by atoms with Gasteiger partial charge >= 0.3 is 6.03 Å². The van der Waals surface area contributed by atoms with Gasteiger partial charge in [0, 0.05) is 41.8 Å². The summed E-state index contributed by atoms with van der Waals surface area (Å²) in [6.45, 7) is 2.10. The molecular weight excluding hydrogens is 547 g/mol. The summed E-state index contributed by atoms with van der Waals surface area (Å²) >= 11 is 18.6. The van der Waals surface area contributed by atoms with Crippen LogP contribution in [0.3, 0.4) is 0 Å². The van der Waals surface area contributed by atoms with Crippen molar-refractivity contribution in [2.75, 3.05) is 24.5 Å². The van der Waals surface area contributed by atoms with Crippen LogP contribution in [0.25, 0.3) is 0 Å². The van der Waals surface area contributed by atoms with Crippen LogP contribution in [0.4, 0.5) is 10.5 Å². The number of imide groups is 1. The molecule has 3 aromatic carbocycles. The van der Waals surface area contributed by atoms with Gasteiger partial charge in [0.2, 0.25) is 6.41 Å². The minimum absolute atomic E-state index is 0.0377. The Bertz CT molecular complexity index is 1340. The second kappa shape index (κ2) is 12.5. The van der Waals surface area contributed by atoms with Crippen LogP contribution in [0.15, 0.2) is 66.7 Å². The number of nitrogens with one attached hydrogen (secondary N) is 1. The number of piperazine rings is 1. The van der Waals surface area contributed by atoms with E-state index in [1.165, 1.54) is 11.1 Å². The van der Waals surface area contributed by atoms with E-state index in [1.54, 1.807) is 17.4 Å². The molecule has 0 unspecified atom stereocenters. The third-order valence-electron chi connectivity index (χ3n) is 6.86. The lowest BCUT2D eigenvalue weighted by molar-refractivity contribution is -0.108. The van der Waals surface area contributed by atoms with Gasteiger partial charge in [0.15, 0.2) is 0 Å². The predicted molar refractivity (Wildman–Crippen MR) is 151 cm³/mol. The quantitative estimate of drug-likeness (QED) is 0.402. The molecule has 1 saturated heterocycles. The van der Waals surface area contributed by atoms with Crippen molar-refractivity contribution in [1.82, 2.24) is 10.2 Å². The maximum atomic E-state index is 13.6. The van der Waals surface area contributed by atoms with Gasteiger partial charge in [-0.3, -0.25) is 14.9 Å². The Morgan fingerprint density at radius 3 is 2.42 bits per heavy atom. The summed E-state index contributed by atoms with van der Waals surface area (Å²) in [5.74, 6) is 0.329. The highest BCUT2D eigenvalue weighted by Crippen LogP contribution is 2.40. The molecule has 1 fully saturated rings. The number of hydrogen-bond acceptors (Lipinski definition) is 4. The molecule has 1 aliphatic carbocycles. The Hall–Kier alpha value is -3.26. The lowest BCUT2D eigenvalue weighted by atomic mass is 9.89. The zero-order valence-corrected chi connectivity index (χ0v) is 22.7. The summed E-state index contributed by atoms with van der Waals surface area (Å²) < 4.78 is 0. The van der Waals surface area contributed by atoms with Crippen LogP contribution in [0.1, 0.15) is 33.8 Å². The first-order valence-corrected chi connectivity index (χ1v) is 13.3. The van der Waals surface area contributed by atoms with Gasteiger partial charge in [-0.1, -0.05) is 65.1 Å². The fourth-order valence-corrected chi connectivity index (χ4v) is 5.64. The summed E-state index contributed by atoms with van der Waals surface area (Å²) in [4.78, 5) is 36.6. The third-order valence-corrected chi connectivity index (χ3v) is 7.84. The first-order chi connectivity index (χ1) is 18.3.